The summed E-state index contributed by atoms with van der Waals surface area (Å²) in [6.07, 6.45) is 1.71. The van der Waals surface area contributed by atoms with Gasteiger partial charge in [-0.2, -0.15) is 0 Å². The van der Waals surface area contributed by atoms with Crippen molar-refractivity contribution in [1.29, 1.82) is 0 Å². The van der Waals surface area contributed by atoms with Crippen molar-refractivity contribution >= 4 is 63.2 Å². The van der Waals surface area contributed by atoms with E-state index in [4.69, 9.17) is 28.3 Å². The highest BCUT2D eigenvalue weighted by Crippen LogP contribution is 2.21. The summed E-state index contributed by atoms with van der Waals surface area (Å²) in [7, 11) is -1.98. The monoisotopic (exact) mass is 556 g/mol. The van der Waals surface area contributed by atoms with E-state index in [0.29, 0.717) is 22.5 Å². The van der Waals surface area contributed by atoms with E-state index in [1.807, 2.05) is 12.1 Å². The molecule has 0 saturated carbocycles. The summed E-state index contributed by atoms with van der Waals surface area (Å²) in [6.45, 7) is 1.23. The normalized spacial score (nSPS) is 11.6. The van der Waals surface area contributed by atoms with E-state index in [2.05, 4.69) is 15.6 Å². The van der Waals surface area contributed by atoms with Crippen LogP contribution in [0.4, 0.5) is 0 Å². The molecule has 0 heterocycles. The highest BCUT2D eigenvalue weighted by atomic mass is 127. The maximum absolute atomic E-state index is 11.3. The first-order valence-corrected chi connectivity index (χ1v) is 10.6. The number of hydrogen-bond donors (Lipinski definition) is 3. The van der Waals surface area contributed by atoms with Gasteiger partial charge in [-0.25, -0.2) is 13.6 Å². The van der Waals surface area contributed by atoms with Crippen molar-refractivity contribution in [3.63, 3.8) is 0 Å². The number of sulfonamides is 1. The molecule has 6 nitrogen and oxygen atoms in total. The molecule has 0 radical (unpaired) electrons. The molecule has 2 aromatic rings. The summed E-state index contributed by atoms with van der Waals surface area (Å²) >= 11 is 12.1. The summed E-state index contributed by atoms with van der Waals surface area (Å²) in [6, 6.07) is 11.9. The average molecular weight is 557 g/mol. The molecule has 4 N–H and O–H groups in total. The second-order valence-corrected chi connectivity index (χ2v) is 8.29. The molecule has 2 rings (SSSR count). The minimum absolute atomic E-state index is 0. The topological polar surface area (TPSA) is 96.6 Å². The molecule has 28 heavy (non-hydrogen) atoms. The zero-order valence-electron chi connectivity index (χ0n) is 15.3. The van der Waals surface area contributed by atoms with Crippen LogP contribution in [0.5, 0.6) is 0 Å². The predicted octanol–water partition coefficient (Wildman–Crippen LogP) is 3.56. The summed E-state index contributed by atoms with van der Waals surface area (Å²) in [5.41, 5.74) is 1.97. The van der Waals surface area contributed by atoms with Crippen molar-refractivity contribution in [1.82, 2.24) is 10.6 Å². The van der Waals surface area contributed by atoms with Crippen LogP contribution < -0.4 is 15.8 Å². The van der Waals surface area contributed by atoms with E-state index >= 15 is 0 Å². The summed E-state index contributed by atoms with van der Waals surface area (Å²) in [5.74, 6) is 0.660. The van der Waals surface area contributed by atoms with Crippen LogP contribution in [0.2, 0.25) is 10.0 Å². The molecule has 2 aromatic carbocycles. The van der Waals surface area contributed by atoms with Gasteiger partial charge in [0.2, 0.25) is 10.0 Å². The Morgan fingerprint density at radius 3 is 2.36 bits per heavy atom. The first-order valence-electron chi connectivity index (χ1n) is 8.30. The number of hydrogen-bond acceptors (Lipinski definition) is 3. The number of nitrogens with two attached hydrogens (primary N) is 1. The third-order valence-electron chi connectivity index (χ3n) is 3.87. The molecule has 0 spiro atoms. The molecule has 0 atom stereocenters. The molecule has 0 aliphatic carbocycles. The molecule has 0 aliphatic heterocycles. The Balaban J connectivity index is 0.00000392. The largest absolute Gasteiger partial charge is 0.356 e. The summed E-state index contributed by atoms with van der Waals surface area (Å²) < 4.78 is 22.5. The average Bonchev–Trinajstić information content (AvgIpc) is 2.62. The molecule has 0 saturated heterocycles. The number of primary sulfonamides is 1. The fourth-order valence-electron chi connectivity index (χ4n) is 2.41. The Bertz CT molecular complexity index is 906. The Morgan fingerprint density at radius 2 is 1.79 bits per heavy atom. The van der Waals surface area contributed by atoms with Crippen LogP contribution in [0.25, 0.3) is 0 Å². The van der Waals surface area contributed by atoms with E-state index in [1.54, 1.807) is 25.2 Å². The smallest absolute Gasteiger partial charge is 0.238 e. The van der Waals surface area contributed by atoms with Gasteiger partial charge in [0.1, 0.15) is 0 Å². The van der Waals surface area contributed by atoms with Gasteiger partial charge in [-0.15, -0.1) is 24.0 Å². The third-order valence-corrected chi connectivity index (χ3v) is 5.38. The van der Waals surface area contributed by atoms with E-state index in [0.717, 1.165) is 30.5 Å². The number of aliphatic imine (C=N–C) groups is 1. The van der Waals surface area contributed by atoms with Crippen LogP contribution in [-0.4, -0.2) is 28.0 Å². The van der Waals surface area contributed by atoms with Gasteiger partial charge in [-0.1, -0.05) is 41.4 Å². The van der Waals surface area contributed by atoms with Crippen molar-refractivity contribution in [2.75, 3.05) is 13.6 Å². The zero-order valence-corrected chi connectivity index (χ0v) is 19.9. The molecule has 0 aliphatic rings. The van der Waals surface area contributed by atoms with Gasteiger partial charge in [0.05, 0.1) is 4.90 Å². The lowest BCUT2D eigenvalue weighted by Crippen LogP contribution is -2.37. The van der Waals surface area contributed by atoms with Gasteiger partial charge < -0.3 is 10.6 Å². The molecule has 10 heteroatoms. The van der Waals surface area contributed by atoms with Crippen LogP contribution in [0.3, 0.4) is 0 Å². The maximum atomic E-state index is 11.3. The quantitative estimate of drug-likeness (QED) is 0.210. The summed E-state index contributed by atoms with van der Waals surface area (Å²) in [5, 5.41) is 12.8. The second kappa shape index (κ2) is 11.8. The lowest BCUT2D eigenvalue weighted by molar-refractivity contribution is 0.597. The van der Waals surface area contributed by atoms with Crippen LogP contribution in [-0.2, 0) is 23.0 Å². The molecule has 0 fully saturated rings. The van der Waals surface area contributed by atoms with Crippen molar-refractivity contribution in [2.24, 2.45) is 10.1 Å². The number of benzene rings is 2. The number of nitrogens with one attached hydrogen (secondary N) is 2. The van der Waals surface area contributed by atoms with Crippen LogP contribution >= 0.6 is 47.2 Å². The van der Waals surface area contributed by atoms with Crippen molar-refractivity contribution in [2.45, 2.75) is 24.3 Å². The lowest BCUT2D eigenvalue weighted by atomic mass is 10.1. The molecule has 0 bridgehead atoms. The van der Waals surface area contributed by atoms with Crippen molar-refractivity contribution in [3.8, 4) is 0 Å². The van der Waals surface area contributed by atoms with E-state index in [9.17, 15) is 8.42 Å². The first-order chi connectivity index (χ1) is 12.8. The predicted molar refractivity (Wildman–Crippen MR) is 126 cm³/mol. The summed E-state index contributed by atoms with van der Waals surface area (Å²) in [4.78, 5) is 4.26. The Hall–Kier alpha value is -1.07. The Morgan fingerprint density at radius 1 is 1.11 bits per heavy atom. The van der Waals surface area contributed by atoms with Gasteiger partial charge in [0, 0.05) is 30.2 Å². The van der Waals surface area contributed by atoms with Crippen LogP contribution in [0, 0.1) is 0 Å². The number of halogens is 3. The van der Waals surface area contributed by atoms with Crippen molar-refractivity contribution in [3.05, 3.63) is 63.6 Å². The molecule has 0 unspecified atom stereocenters. The molecular formula is C18H23Cl2IN4O2S. The highest BCUT2D eigenvalue weighted by Gasteiger charge is 2.07. The van der Waals surface area contributed by atoms with Gasteiger partial charge in [0.15, 0.2) is 5.96 Å². The number of rotatable bonds is 7. The zero-order chi connectivity index (χ0) is 19.9. The van der Waals surface area contributed by atoms with Gasteiger partial charge >= 0.3 is 0 Å². The second-order valence-electron chi connectivity index (χ2n) is 5.88. The van der Waals surface area contributed by atoms with Gasteiger partial charge in [-0.05, 0) is 48.2 Å². The highest BCUT2D eigenvalue weighted by molar-refractivity contribution is 14.0. The fraction of sp³-hybridized carbons (Fsp3) is 0.278. The lowest BCUT2D eigenvalue weighted by Gasteiger charge is -2.12. The van der Waals surface area contributed by atoms with Crippen molar-refractivity contribution < 1.29 is 8.42 Å². The van der Waals surface area contributed by atoms with Gasteiger partial charge in [0.25, 0.3) is 0 Å². The molecular weight excluding hydrogens is 534 g/mol. The number of aryl methyl sites for hydroxylation is 1. The van der Waals surface area contributed by atoms with E-state index in [-0.39, 0.29) is 28.9 Å². The SMILES string of the molecule is CN=C(NCCCc1ccc(Cl)cc1Cl)NCc1ccc(S(N)(=O)=O)cc1.I. The standard InChI is InChI=1S/C18H22Cl2N4O2S.HI/c1-22-18(23-10-2-3-14-6-7-15(19)11-17(14)20)24-12-13-4-8-16(9-5-13)27(21,25)26;/h4-9,11H,2-3,10,12H2,1H3,(H2,21,25,26)(H2,22,23,24);1H. The Kier molecular flexibility index (Phi) is 10.5. The van der Waals surface area contributed by atoms with Crippen LogP contribution in [0.15, 0.2) is 52.4 Å². The molecule has 0 aromatic heterocycles. The minimum atomic E-state index is -3.67. The Labute approximate surface area is 193 Å². The fourth-order valence-corrected chi connectivity index (χ4v) is 3.43. The minimum Gasteiger partial charge on any atom is -0.356 e. The first kappa shape index (κ1) is 25.0. The number of nitrogens with zero attached hydrogens (tertiary/aromatic N) is 1. The van der Waals surface area contributed by atoms with Gasteiger partial charge in [-0.3, -0.25) is 4.99 Å². The molecule has 154 valence electrons. The van der Waals surface area contributed by atoms with E-state index in [1.165, 1.54) is 12.1 Å². The van der Waals surface area contributed by atoms with E-state index < -0.39 is 10.0 Å². The maximum Gasteiger partial charge on any atom is 0.238 e. The number of guanidine groups is 1. The molecule has 0 amide bonds. The third kappa shape index (κ3) is 8.12. The van der Waals surface area contributed by atoms with Crippen LogP contribution in [0.1, 0.15) is 17.5 Å².